The fourth-order valence-corrected chi connectivity index (χ4v) is 1.93. The summed E-state index contributed by atoms with van der Waals surface area (Å²) in [5.74, 6) is -0.161. The molecule has 0 aromatic heterocycles. The van der Waals surface area contributed by atoms with Gasteiger partial charge in [0.1, 0.15) is 6.04 Å². The summed E-state index contributed by atoms with van der Waals surface area (Å²) in [6.07, 6.45) is 2.61. The number of hydrogen-bond acceptors (Lipinski definition) is 3. The number of amides is 2. The predicted octanol–water partition coefficient (Wildman–Crippen LogP) is -0.101. The molecule has 1 fully saturated rings. The maximum Gasteiger partial charge on any atom is 0.243 e. The van der Waals surface area contributed by atoms with Crippen LogP contribution in [0.5, 0.6) is 0 Å². The maximum absolute atomic E-state index is 11.9. The van der Waals surface area contributed by atoms with Crippen LogP contribution in [0.4, 0.5) is 0 Å². The van der Waals surface area contributed by atoms with Gasteiger partial charge in [0.2, 0.25) is 11.8 Å². The van der Waals surface area contributed by atoms with Gasteiger partial charge in [0, 0.05) is 13.0 Å². The van der Waals surface area contributed by atoms with E-state index in [1.165, 1.54) is 0 Å². The van der Waals surface area contributed by atoms with Gasteiger partial charge in [0.15, 0.2) is 0 Å². The molecule has 16 heavy (non-hydrogen) atoms. The lowest BCUT2D eigenvalue weighted by Gasteiger charge is -2.32. The summed E-state index contributed by atoms with van der Waals surface area (Å²) in [7, 11) is 0. The molecule has 1 saturated heterocycles. The Balaban J connectivity index is 2.58. The van der Waals surface area contributed by atoms with Crippen molar-refractivity contribution in [3.8, 4) is 0 Å². The summed E-state index contributed by atoms with van der Waals surface area (Å²) >= 11 is 0. The van der Waals surface area contributed by atoms with Gasteiger partial charge in [-0.2, -0.15) is 0 Å². The Morgan fingerprint density at radius 1 is 1.56 bits per heavy atom. The van der Waals surface area contributed by atoms with Crippen LogP contribution in [0.1, 0.15) is 39.5 Å². The molecule has 1 aliphatic rings. The zero-order chi connectivity index (χ0) is 12.2. The summed E-state index contributed by atoms with van der Waals surface area (Å²) in [5.41, 5.74) is 5.37. The van der Waals surface area contributed by atoms with Crippen LogP contribution in [-0.2, 0) is 9.59 Å². The number of rotatable bonds is 5. The summed E-state index contributed by atoms with van der Waals surface area (Å²) in [6, 6.07) is -0.378. The highest BCUT2D eigenvalue weighted by Crippen LogP contribution is 2.15. The molecule has 0 radical (unpaired) electrons. The first-order chi connectivity index (χ1) is 7.56. The van der Waals surface area contributed by atoms with Crippen molar-refractivity contribution in [2.45, 2.75) is 51.1 Å². The molecule has 0 aromatic carbocycles. The molecule has 0 aromatic rings. The van der Waals surface area contributed by atoms with Gasteiger partial charge in [-0.15, -0.1) is 0 Å². The molecule has 92 valence electrons. The van der Waals surface area contributed by atoms with E-state index in [1.807, 2.05) is 13.8 Å². The standard InChI is InChI=1S/C11H21N3O2/c1-3-11(4-2,7-12)14-10(16)8-5-6-9(15)13-8/h8H,3-7,12H2,1-2H3,(H,13,15)(H,14,16)/t8-/m0/s1. The molecule has 0 saturated carbocycles. The minimum atomic E-state index is -0.378. The quantitative estimate of drug-likeness (QED) is 0.613. The van der Waals surface area contributed by atoms with Gasteiger partial charge in [-0.05, 0) is 19.3 Å². The second-order valence-electron chi connectivity index (χ2n) is 4.34. The molecule has 1 heterocycles. The van der Waals surface area contributed by atoms with E-state index >= 15 is 0 Å². The fraction of sp³-hybridized carbons (Fsp3) is 0.818. The number of carbonyl (C=O) groups excluding carboxylic acids is 2. The Morgan fingerprint density at radius 2 is 2.19 bits per heavy atom. The Morgan fingerprint density at radius 3 is 2.56 bits per heavy atom. The van der Waals surface area contributed by atoms with Gasteiger partial charge < -0.3 is 16.4 Å². The van der Waals surface area contributed by atoms with Crippen LogP contribution in [0.15, 0.2) is 0 Å². The Kier molecular flexibility index (Phi) is 4.29. The van der Waals surface area contributed by atoms with Crippen molar-refractivity contribution in [2.75, 3.05) is 6.54 Å². The summed E-state index contributed by atoms with van der Waals surface area (Å²) in [5, 5.41) is 5.62. The van der Waals surface area contributed by atoms with Crippen LogP contribution >= 0.6 is 0 Å². The fourth-order valence-electron chi connectivity index (χ4n) is 1.93. The Bertz CT molecular complexity index is 266. The average Bonchev–Trinajstić information content (AvgIpc) is 2.73. The molecule has 0 unspecified atom stereocenters. The van der Waals surface area contributed by atoms with Gasteiger partial charge in [-0.1, -0.05) is 13.8 Å². The minimum absolute atomic E-state index is 0.0495. The van der Waals surface area contributed by atoms with Gasteiger partial charge >= 0.3 is 0 Å². The Labute approximate surface area is 96.1 Å². The lowest BCUT2D eigenvalue weighted by molar-refractivity contribution is -0.127. The highest BCUT2D eigenvalue weighted by Gasteiger charge is 2.32. The number of carbonyl (C=O) groups is 2. The molecule has 2 amide bonds. The summed E-state index contributed by atoms with van der Waals surface area (Å²) in [6.45, 7) is 4.43. The topological polar surface area (TPSA) is 84.2 Å². The van der Waals surface area contributed by atoms with E-state index in [9.17, 15) is 9.59 Å². The number of nitrogens with one attached hydrogen (secondary N) is 2. The lowest BCUT2D eigenvalue weighted by atomic mass is 9.92. The van der Waals surface area contributed by atoms with Gasteiger partial charge in [-0.25, -0.2) is 0 Å². The molecule has 4 N–H and O–H groups in total. The van der Waals surface area contributed by atoms with Crippen LogP contribution in [-0.4, -0.2) is 29.9 Å². The normalized spacial score (nSPS) is 20.7. The number of nitrogens with two attached hydrogens (primary N) is 1. The highest BCUT2D eigenvalue weighted by molar-refractivity contribution is 5.91. The molecule has 1 aliphatic heterocycles. The van der Waals surface area contributed by atoms with Crippen molar-refractivity contribution in [1.82, 2.24) is 10.6 Å². The zero-order valence-electron chi connectivity index (χ0n) is 10.0. The number of hydrogen-bond donors (Lipinski definition) is 3. The molecule has 0 spiro atoms. The van der Waals surface area contributed by atoms with E-state index < -0.39 is 0 Å². The van der Waals surface area contributed by atoms with E-state index in [-0.39, 0.29) is 23.4 Å². The first-order valence-corrected chi connectivity index (χ1v) is 5.88. The maximum atomic E-state index is 11.9. The highest BCUT2D eigenvalue weighted by atomic mass is 16.2. The largest absolute Gasteiger partial charge is 0.348 e. The third-order valence-corrected chi connectivity index (χ3v) is 3.44. The van der Waals surface area contributed by atoms with Crippen LogP contribution in [0.3, 0.4) is 0 Å². The summed E-state index contributed by atoms with van der Waals surface area (Å²) < 4.78 is 0. The third kappa shape index (κ3) is 2.72. The average molecular weight is 227 g/mol. The van der Waals surface area contributed by atoms with E-state index in [0.29, 0.717) is 19.4 Å². The van der Waals surface area contributed by atoms with Gasteiger partial charge in [-0.3, -0.25) is 9.59 Å². The third-order valence-electron chi connectivity index (χ3n) is 3.44. The SMILES string of the molecule is CCC(CC)(CN)NC(=O)[C@@H]1CCC(=O)N1. The minimum Gasteiger partial charge on any atom is -0.348 e. The van der Waals surface area contributed by atoms with Crippen molar-refractivity contribution >= 4 is 11.8 Å². The Hall–Kier alpha value is -1.10. The van der Waals surface area contributed by atoms with Crippen LogP contribution in [0.2, 0.25) is 0 Å². The van der Waals surface area contributed by atoms with Crippen molar-refractivity contribution in [3.05, 3.63) is 0 Å². The van der Waals surface area contributed by atoms with Crippen LogP contribution in [0.25, 0.3) is 0 Å². The predicted molar refractivity (Wildman–Crippen MR) is 61.7 cm³/mol. The molecule has 5 heteroatoms. The molecular formula is C11H21N3O2. The van der Waals surface area contributed by atoms with Crippen molar-refractivity contribution in [3.63, 3.8) is 0 Å². The zero-order valence-corrected chi connectivity index (χ0v) is 10.0. The molecule has 5 nitrogen and oxygen atoms in total. The lowest BCUT2D eigenvalue weighted by Crippen LogP contribution is -2.57. The van der Waals surface area contributed by atoms with Crippen LogP contribution < -0.4 is 16.4 Å². The second-order valence-corrected chi connectivity index (χ2v) is 4.34. The van der Waals surface area contributed by atoms with Crippen molar-refractivity contribution in [2.24, 2.45) is 5.73 Å². The monoisotopic (exact) mass is 227 g/mol. The first kappa shape index (κ1) is 13.0. The van der Waals surface area contributed by atoms with E-state index in [0.717, 1.165) is 12.8 Å². The molecule has 1 rings (SSSR count). The van der Waals surface area contributed by atoms with E-state index in [2.05, 4.69) is 10.6 Å². The second kappa shape index (κ2) is 5.30. The first-order valence-electron chi connectivity index (χ1n) is 5.88. The van der Waals surface area contributed by atoms with E-state index in [1.54, 1.807) is 0 Å². The molecular weight excluding hydrogens is 206 g/mol. The summed E-state index contributed by atoms with van der Waals surface area (Å²) in [4.78, 5) is 22.9. The van der Waals surface area contributed by atoms with Crippen molar-refractivity contribution < 1.29 is 9.59 Å². The smallest absolute Gasteiger partial charge is 0.243 e. The molecule has 0 aliphatic carbocycles. The van der Waals surface area contributed by atoms with Gasteiger partial charge in [0.05, 0.1) is 5.54 Å². The molecule has 0 bridgehead atoms. The van der Waals surface area contributed by atoms with Gasteiger partial charge in [0.25, 0.3) is 0 Å². The van der Waals surface area contributed by atoms with Crippen molar-refractivity contribution in [1.29, 1.82) is 0 Å². The van der Waals surface area contributed by atoms with Crippen LogP contribution in [0, 0.1) is 0 Å². The van der Waals surface area contributed by atoms with E-state index in [4.69, 9.17) is 5.73 Å². The molecule has 1 atom stereocenters.